The summed E-state index contributed by atoms with van der Waals surface area (Å²) < 4.78 is 0. The average molecular weight is 189 g/mol. The second-order valence-electron chi connectivity index (χ2n) is 4.47. The third-order valence-electron chi connectivity index (χ3n) is 3.11. The van der Waals surface area contributed by atoms with Crippen LogP contribution >= 0.6 is 0 Å². The fraction of sp³-hybridized carbons (Fsp3) is 0.455. The van der Waals surface area contributed by atoms with Crippen LogP contribution in [0.5, 0.6) is 0 Å². The Hall–Kier alpha value is -0.795. The molecule has 14 heavy (non-hydrogen) atoms. The molecule has 2 nitrogen and oxygen atoms in total. The predicted molar refractivity (Wildman–Crippen MR) is 60.6 cm³/mol. The molecule has 1 aromatic rings. The highest BCUT2D eigenvalue weighted by Crippen LogP contribution is 2.25. The van der Waals surface area contributed by atoms with E-state index in [4.69, 9.17) is 5.73 Å². The molecule has 0 amide bonds. The lowest BCUT2D eigenvalue weighted by Gasteiger charge is -2.33. The number of fused-ring (bicyclic) bond motifs is 1. The molecule has 74 valence electrons. The van der Waals surface area contributed by atoms with Gasteiger partial charge in [0.2, 0.25) is 0 Å². The van der Waals surface area contributed by atoms with E-state index in [-0.39, 0.29) is 12.1 Å². The highest BCUT2D eigenvalue weighted by Gasteiger charge is 2.29. The number of nitrogens with two attached hydrogens (primary N) is 1. The fourth-order valence-electron chi connectivity index (χ4n) is 2.15. The van der Waals surface area contributed by atoms with Gasteiger partial charge in [-0.1, -0.05) is 23.7 Å². The molecule has 0 heterocycles. The third kappa shape index (κ3) is 1.70. The van der Waals surface area contributed by atoms with E-state index in [1.807, 2.05) is 0 Å². The Kier molecular flexibility index (Phi) is 2.37. The van der Waals surface area contributed by atoms with Crippen LogP contribution < -0.4 is 11.2 Å². The lowest BCUT2D eigenvalue weighted by Crippen LogP contribution is -2.48. The van der Waals surface area contributed by atoms with Crippen molar-refractivity contribution in [3.05, 3.63) is 29.3 Å². The van der Waals surface area contributed by atoms with E-state index >= 15 is 0 Å². The average Bonchev–Trinajstić information content (AvgIpc) is 2.17. The number of aliphatic hydroxyl groups excluding tert-OH is 1. The first-order chi connectivity index (χ1) is 6.63. The second kappa shape index (κ2) is 3.41. The standard InChI is InChI=1S/C11H16BNO/c12-10-2-1-8-3-4-11(13,7-14)6-9(8)5-10/h1-2,5,14H,3-4,6-7,12-13H2. The summed E-state index contributed by atoms with van der Waals surface area (Å²) in [5.74, 6) is 0. The first-order valence-corrected chi connectivity index (χ1v) is 5.11. The van der Waals surface area contributed by atoms with Gasteiger partial charge in [-0.2, -0.15) is 0 Å². The van der Waals surface area contributed by atoms with E-state index in [2.05, 4.69) is 26.0 Å². The van der Waals surface area contributed by atoms with Crippen molar-refractivity contribution >= 4 is 13.3 Å². The number of hydrogen-bond donors (Lipinski definition) is 2. The van der Waals surface area contributed by atoms with Crippen LogP contribution in [0.4, 0.5) is 0 Å². The van der Waals surface area contributed by atoms with E-state index in [0.29, 0.717) is 0 Å². The first-order valence-electron chi connectivity index (χ1n) is 5.11. The summed E-state index contributed by atoms with van der Waals surface area (Å²) in [7, 11) is 2.09. The lowest BCUT2D eigenvalue weighted by atomic mass is 9.77. The van der Waals surface area contributed by atoms with Gasteiger partial charge >= 0.3 is 0 Å². The van der Waals surface area contributed by atoms with Crippen LogP contribution in [0.1, 0.15) is 17.5 Å². The van der Waals surface area contributed by atoms with Crippen molar-refractivity contribution in [2.24, 2.45) is 5.73 Å². The Morgan fingerprint density at radius 3 is 2.93 bits per heavy atom. The Balaban J connectivity index is 2.33. The van der Waals surface area contributed by atoms with Crippen LogP contribution in [0, 0.1) is 0 Å². The maximum absolute atomic E-state index is 9.22. The Morgan fingerprint density at radius 2 is 2.21 bits per heavy atom. The summed E-state index contributed by atoms with van der Waals surface area (Å²) in [5.41, 5.74) is 9.66. The molecule has 0 bridgehead atoms. The third-order valence-corrected chi connectivity index (χ3v) is 3.11. The van der Waals surface area contributed by atoms with E-state index in [9.17, 15) is 5.11 Å². The van der Waals surface area contributed by atoms with Crippen LogP contribution in [0.15, 0.2) is 18.2 Å². The minimum atomic E-state index is -0.388. The number of rotatable bonds is 1. The van der Waals surface area contributed by atoms with Gasteiger partial charge in [-0.25, -0.2) is 0 Å². The second-order valence-corrected chi connectivity index (χ2v) is 4.47. The van der Waals surface area contributed by atoms with E-state index in [1.165, 1.54) is 16.6 Å². The molecule has 0 saturated heterocycles. The molecular formula is C11H16BNO. The van der Waals surface area contributed by atoms with Gasteiger partial charge in [0.05, 0.1) is 6.61 Å². The van der Waals surface area contributed by atoms with E-state index < -0.39 is 0 Å². The largest absolute Gasteiger partial charge is 0.394 e. The van der Waals surface area contributed by atoms with Crippen molar-refractivity contribution in [3.8, 4) is 0 Å². The molecule has 2 rings (SSSR count). The normalized spacial score (nSPS) is 25.9. The molecule has 0 fully saturated rings. The molecule has 0 aliphatic heterocycles. The first kappa shape index (κ1) is 9.75. The molecular weight excluding hydrogens is 173 g/mol. The van der Waals surface area contributed by atoms with Gasteiger partial charge in [0, 0.05) is 5.54 Å². The molecule has 0 spiro atoms. The summed E-state index contributed by atoms with van der Waals surface area (Å²) in [4.78, 5) is 0. The lowest BCUT2D eigenvalue weighted by molar-refractivity contribution is 0.181. The van der Waals surface area contributed by atoms with E-state index in [1.54, 1.807) is 0 Å². The zero-order chi connectivity index (χ0) is 10.2. The minimum Gasteiger partial charge on any atom is -0.394 e. The van der Waals surface area contributed by atoms with Gasteiger partial charge in [0.25, 0.3) is 0 Å². The monoisotopic (exact) mass is 189 g/mol. The molecule has 0 saturated carbocycles. The van der Waals surface area contributed by atoms with Crippen LogP contribution in [-0.2, 0) is 12.8 Å². The summed E-state index contributed by atoms with van der Waals surface area (Å²) in [6.45, 7) is 0.0837. The van der Waals surface area contributed by atoms with Gasteiger partial charge < -0.3 is 10.8 Å². The summed E-state index contributed by atoms with van der Waals surface area (Å²) in [6.07, 6.45) is 2.69. The molecule has 1 aromatic carbocycles. The van der Waals surface area contributed by atoms with Crippen LogP contribution in [-0.4, -0.2) is 25.1 Å². The van der Waals surface area contributed by atoms with Crippen molar-refractivity contribution in [2.75, 3.05) is 6.61 Å². The van der Waals surface area contributed by atoms with Gasteiger partial charge in [-0.3, -0.25) is 0 Å². The molecule has 0 radical (unpaired) electrons. The molecule has 1 aliphatic rings. The van der Waals surface area contributed by atoms with E-state index in [0.717, 1.165) is 19.3 Å². The van der Waals surface area contributed by atoms with Crippen molar-refractivity contribution in [2.45, 2.75) is 24.8 Å². The Morgan fingerprint density at radius 1 is 1.43 bits per heavy atom. The molecule has 3 N–H and O–H groups in total. The predicted octanol–water partition coefficient (Wildman–Crippen LogP) is -0.876. The van der Waals surface area contributed by atoms with Crippen LogP contribution in [0.2, 0.25) is 0 Å². The zero-order valence-corrected chi connectivity index (χ0v) is 8.59. The summed E-state index contributed by atoms with van der Waals surface area (Å²) in [5, 5.41) is 9.22. The highest BCUT2D eigenvalue weighted by molar-refractivity contribution is 6.32. The van der Waals surface area contributed by atoms with Crippen LogP contribution in [0.25, 0.3) is 0 Å². The van der Waals surface area contributed by atoms with Crippen molar-refractivity contribution in [1.29, 1.82) is 0 Å². The van der Waals surface area contributed by atoms with Gasteiger partial charge in [0.1, 0.15) is 7.85 Å². The van der Waals surface area contributed by atoms with Crippen molar-refractivity contribution in [3.63, 3.8) is 0 Å². The topological polar surface area (TPSA) is 46.2 Å². The fourth-order valence-corrected chi connectivity index (χ4v) is 2.15. The molecule has 1 atom stereocenters. The smallest absolute Gasteiger partial charge is 0.139 e. The highest BCUT2D eigenvalue weighted by atomic mass is 16.3. The number of benzene rings is 1. The van der Waals surface area contributed by atoms with Gasteiger partial charge in [-0.15, -0.1) is 0 Å². The molecule has 1 unspecified atom stereocenters. The Bertz CT molecular complexity index is 353. The minimum absolute atomic E-state index is 0.0837. The van der Waals surface area contributed by atoms with Crippen molar-refractivity contribution < 1.29 is 5.11 Å². The quantitative estimate of drug-likeness (QED) is 0.564. The molecule has 3 heteroatoms. The SMILES string of the molecule is Bc1ccc2c(c1)CC(N)(CO)CC2. The summed E-state index contributed by atoms with van der Waals surface area (Å²) >= 11 is 0. The molecule has 0 aromatic heterocycles. The maximum Gasteiger partial charge on any atom is 0.139 e. The zero-order valence-electron chi connectivity index (χ0n) is 8.59. The van der Waals surface area contributed by atoms with Crippen LogP contribution in [0.3, 0.4) is 0 Å². The van der Waals surface area contributed by atoms with Crippen molar-refractivity contribution in [1.82, 2.24) is 0 Å². The van der Waals surface area contributed by atoms with Gasteiger partial charge in [0.15, 0.2) is 0 Å². The Labute approximate surface area is 85.5 Å². The molecule has 1 aliphatic carbocycles. The number of aryl methyl sites for hydroxylation is 1. The number of hydrogen-bond acceptors (Lipinski definition) is 2. The van der Waals surface area contributed by atoms with Gasteiger partial charge in [-0.05, 0) is 30.4 Å². The maximum atomic E-state index is 9.22. The number of aliphatic hydroxyl groups is 1. The summed E-state index contributed by atoms with van der Waals surface area (Å²) in [6, 6.07) is 6.51.